The van der Waals surface area contributed by atoms with E-state index in [0.29, 0.717) is 0 Å². The number of aromatic amines is 1. The highest BCUT2D eigenvalue weighted by molar-refractivity contribution is 6.01. The Labute approximate surface area is 125 Å². The summed E-state index contributed by atoms with van der Waals surface area (Å²) in [6.07, 6.45) is 1.57. The van der Waals surface area contributed by atoms with Gasteiger partial charge in [0, 0.05) is 18.7 Å². The maximum Gasteiger partial charge on any atom is 0.355 e. The van der Waals surface area contributed by atoms with Crippen LogP contribution < -0.4 is 5.32 Å². The quantitative estimate of drug-likeness (QED) is 0.442. The van der Waals surface area contributed by atoms with Crippen molar-refractivity contribution in [2.75, 3.05) is 11.9 Å². The van der Waals surface area contributed by atoms with Gasteiger partial charge in [0.05, 0.1) is 5.69 Å². The van der Waals surface area contributed by atoms with E-state index in [9.17, 15) is 19.5 Å². The van der Waals surface area contributed by atoms with Crippen LogP contribution in [0.4, 0.5) is 5.69 Å². The van der Waals surface area contributed by atoms with E-state index in [1.807, 2.05) is 0 Å². The van der Waals surface area contributed by atoms with Crippen molar-refractivity contribution in [1.29, 1.82) is 0 Å². The van der Waals surface area contributed by atoms with Crippen LogP contribution in [0, 0.1) is 0 Å². The van der Waals surface area contributed by atoms with Crippen molar-refractivity contribution in [1.82, 2.24) is 4.98 Å². The van der Waals surface area contributed by atoms with Crippen molar-refractivity contribution < 1.29 is 24.2 Å². The van der Waals surface area contributed by atoms with Gasteiger partial charge < -0.3 is 20.1 Å². The molecule has 1 aromatic heterocycles. The molecule has 7 nitrogen and oxygen atoms in total. The number of phenols is 1. The van der Waals surface area contributed by atoms with Crippen LogP contribution in [0.15, 0.2) is 36.5 Å². The number of H-pyrrole nitrogens is 1. The number of hydrogen-bond donors (Lipinski definition) is 3. The lowest BCUT2D eigenvalue weighted by atomic mass is 10.1. The normalized spacial score (nSPS) is 10.0. The number of benzene rings is 1. The highest BCUT2D eigenvalue weighted by atomic mass is 16.5. The first-order chi connectivity index (χ1) is 10.5. The van der Waals surface area contributed by atoms with Gasteiger partial charge in [0.2, 0.25) is 5.91 Å². The minimum Gasteiger partial charge on any atom is -0.506 e. The average Bonchev–Trinajstić information content (AvgIpc) is 3.00. The zero-order valence-electron chi connectivity index (χ0n) is 11.8. The molecular formula is C15H14N2O5. The molecule has 1 heterocycles. The number of rotatable bonds is 5. The van der Waals surface area contributed by atoms with E-state index in [0.717, 1.165) is 0 Å². The number of aromatic hydroxyl groups is 1. The number of ketones is 1. The molecule has 0 radical (unpaired) electrons. The summed E-state index contributed by atoms with van der Waals surface area (Å²) in [5.41, 5.74) is 0.576. The van der Waals surface area contributed by atoms with E-state index < -0.39 is 18.4 Å². The van der Waals surface area contributed by atoms with Gasteiger partial charge in [0.25, 0.3) is 0 Å². The Hall–Kier alpha value is -3.09. The molecule has 0 unspecified atom stereocenters. The Bertz CT molecular complexity index is 707. The van der Waals surface area contributed by atoms with Crippen LogP contribution in [-0.4, -0.2) is 34.4 Å². The van der Waals surface area contributed by atoms with Crippen molar-refractivity contribution in [3.8, 4) is 5.75 Å². The molecule has 0 saturated carbocycles. The second-order valence-electron chi connectivity index (χ2n) is 4.50. The Balaban J connectivity index is 2.03. The number of phenolic OH excluding ortho intramolecular Hbond substituents is 1. The molecule has 2 rings (SSSR count). The third-order valence-electron chi connectivity index (χ3n) is 2.78. The molecule has 114 valence electrons. The number of anilines is 1. The fourth-order valence-corrected chi connectivity index (χ4v) is 1.75. The number of amides is 1. The summed E-state index contributed by atoms with van der Waals surface area (Å²) < 4.78 is 4.88. The van der Waals surface area contributed by atoms with Crippen LogP contribution in [0.25, 0.3) is 0 Å². The zero-order chi connectivity index (χ0) is 16.1. The third kappa shape index (κ3) is 3.72. The highest BCUT2D eigenvalue weighted by Gasteiger charge is 2.14. The molecule has 1 aromatic carbocycles. The van der Waals surface area contributed by atoms with Crippen molar-refractivity contribution in [3.05, 3.63) is 47.8 Å². The lowest BCUT2D eigenvalue weighted by molar-refractivity contribution is -0.114. The van der Waals surface area contributed by atoms with Gasteiger partial charge in [-0.2, -0.15) is 0 Å². The van der Waals surface area contributed by atoms with E-state index in [1.165, 1.54) is 31.2 Å². The Morgan fingerprint density at radius 2 is 2.05 bits per heavy atom. The number of aromatic nitrogens is 1. The van der Waals surface area contributed by atoms with E-state index in [1.54, 1.807) is 12.3 Å². The Kier molecular flexibility index (Phi) is 4.57. The summed E-state index contributed by atoms with van der Waals surface area (Å²) in [5, 5.41) is 12.0. The molecule has 7 heteroatoms. The summed E-state index contributed by atoms with van der Waals surface area (Å²) >= 11 is 0. The molecular weight excluding hydrogens is 288 g/mol. The monoisotopic (exact) mass is 302 g/mol. The summed E-state index contributed by atoms with van der Waals surface area (Å²) in [6.45, 7) is 0.841. The predicted molar refractivity (Wildman–Crippen MR) is 77.8 cm³/mol. The average molecular weight is 302 g/mol. The molecule has 0 aliphatic rings. The molecule has 0 fully saturated rings. The molecule has 3 N–H and O–H groups in total. The van der Waals surface area contributed by atoms with Crippen LogP contribution in [0.3, 0.4) is 0 Å². The van der Waals surface area contributed by atoms with Gasteiger partial charge in [0.1, 0.15) is 11.4 Å². The van der Waals surface area contributed by atoms with Gasteiger partial charge in [-0.15, -0.1) is 0 Å². The smallest absolute Gasteiger partial charge is 0.355 e. The summed E-state index contributed by atoms with van der Waals surface area (Å²) in [6, 6.07) is 7.15. The Morgan fingerprint density at radius 1 is 1.27 bits per heavy atom. The molecule has 0 atom stereocenters. The molecule has 2 aromatic rings. The summed E-state index contributed by atoms with van der Waals surface area (Å²) in [4.78, 5) is 37.3. The topological polar surface area (TPSA) is 108 Å². The number of carbonyl (C=O) groups is 3. The van der Waals surface area contributed by atoms with Crippen LogP contribution in [0.5, 0.6) is 5.75 Å². The molecule has 0 aliphatic carbocycles. The molecule has 0 aliphatic heterocycles. The van der Waals surface area contributed by atoms with Crippen molar-refractivity contribution in [2.45, 2.75) is 6.92 Å². The fraction of sp³-hybridized carbons (Fsp3) is 0.133. The summed E-state index contributed by atoms with van der Waals surface area (Å²) in [5.74, 6) is -1.63. The first-order valence-corrected chi connectivity index (χ1v) is 6.41. The predicted octanol–water partition coefficient (Wildman–Crippen LogP) is 1.72. The van der Waals surface area contributed by atoms with E-state index >= 15 is 0 Å². The second-order valence-corrected chi connectivity index (χ2v) is 4.50. The first kappa shape index (κ1) is 15.3. The first-order valence-electron chi connectivity index (χ1n) is 6.41. The molecule has 1 amide bonds. The number of nitrogens with one attached hydrogen (secondary N) is 2. The van der Waals surface area contributed by atoms with Gasteiger partial charge in [0.15, 0.2) is 12.4 Å². The third-order valence-corrected chi connectivity index (χ3v) is 2.78. The lowest BCUT2D eigenvalue weighted by Crippen LogP contribution is -2.15. The molecule has 0 saturated heterocycles. The van der Waals surface area contributed by atoms with Gasteiger partial charge in [-0.1, -0.05) is 0 Å². The van der Waals surface area contributed by atoms with Gasteiger partial charge in [-0.25, -0.2) is 4.79 Å². The van der Waals surface area contributed by atoms with Crippen LogP contribution in [0.2, 0.25) is 0 Å². The number of ether oxygens (including phenoxy) is 1. The second kappa shape index (κ2) is 6.57. The number of Topliss-reactive ketones (excluding diaryl/α,β-unsaturated/α-hetero) is 1. The lowest BCUT2D eigenvalue weighted by Gasteiger charge is -2.08. The molecule has 0 spiro atoms. The SMILES string of the molecule is CC(=O)Nc1cc(C(=O)COC(=O)c2ccc[nH]2)ccc1O. The van der Waals surface area contributed by atoms with Crippen molar-refractivity contribution >= 4 is 23.3 Å². The minimum atomic E-state index is -0.640. The Morgan fingerprint density at radius 3 is 2.68 bits per heavy atom. The number of hydrogen-bond acceptors (Lipinski definition) is 5. The standard InChI is InChI=1S/C15H14N2O5/c1-9(18)17-12-7-10(4-5-13(12)19)14(20)8-22-15(21)11-3-2-6-16-11/h2-7,16,19H,8H2,1H3,(H,17,18). The van der Waals surface area contributed by atoms with E-state index in [4.69, 9.17) is 4.74 Å². The van der Waals surface area contributed by atoms with Gasteiger partial charge in [-0.3, -0.25) is 9.59 Å². The number of carbonyl (C=O) groups excluding carboxylic acids is 3. The zero-order valence-corrected chi connectivity index (χ0v) is 11.8. The van der Waals surface area contributed by atoms with E-state index in [-0.39, 0.29) is 28.6 Å². The van der Waals surface area contributed by atoms with Crippen molar-refractivity contribution in [3.63, 3.8) is 0 Å². The molecule has 22 heavy (non-hydrogen) atoms. The van der Waals surface area contributed by atoms with Crippen LogP contribution in [-0.2, 0) is 9.53 Å². The van der Waals surface area contributed by atoms with Gasteiger partial charge >= 0.3 is 5.97 Å². The number of esters is 1. The fourth-order valence-electron chi connectivity index (χ4n) is 1.75. The molecule has 0 bridgehead atoms. The van der Waals surface area contributed by atoms with E-state index in [2.05, 4.69) is 10.3 Å². The largest absolute Gasteiger partial charge is 0.506 e. The maximum atomic E-state index is 12.0. The minimum absolute atomic E-state index is 0.119. The highest BCUT2D eigenvalue weighted by Crippen LogP contribution is 2.24. The maximum absolute atomic E-state index is 12.0. The van der Waals surface area contributed by atoms with Crippen molar-refractivity contribution in [2.24, 2.45) is 0 Å². The van der Waals surface area contributed by atoms with Crippen LogP contribution >= 0.6 is 0 Å². The van der Waals surface area contributed by atoms with Crippen LogP contribution in [0.1, 0.15) is 27.8 Å². The summed E-state index contributed by atoms with van der Waals surface area (Å²) in [7, 11) is 0. The van der Waals surface area contributed by atoms with Gasteiger partial charge in [-0.05, 0) is 30.3 Å².